The highest BCUT2D eigenvalue weighted by molar-refractivity contribution is 5.97. The van der Waals surface area contributed by atoms with E-state index in [1.165, 1.54) is 5.56 Å². The van der Waals surface area contributed by atoms with Gasteiger partial charge in [-0.25, -0.2) is 0 Å². The van der Waals surface area contributed by atoms with Crippen LogP contribution in [0, 0.1) is 6.92 Å². The molecule has 0 saturated carbocycles. The van der Waals surface area contributed by atoms with Gasteiger partial charge in [-0.15, -0.1) is 0 Å². The molecule has 4 nitrogen and oxygen atoms in total. The molecule has 96 valence electrons. The zero-order valence-electron chi connectivity index (χ0n) is 10.7. The summed E-state index contributed by atoms with van der Waals surface area (Å²) in [6.07, 6.45) is 4.15. The number of hydrogen-bond donors (Lipinski definition) is 2. The number of fused-ring (bicyclic) bond motifs is 1. The highest BCUT2D eigenvalue weighted by atomic mass is 16.2. The fourth-order valence-corrected chi connectivity index (χ4v) is 2.31. The van der Waals surface area contributed by atoms with Crippen LogP contribution in [0.1, 0.15) is 11.1 Å². The fraction of sp³-hybridized carbons (Fsp3) is 0.200. The van der Waals surface area contributed by atoms with Gasteiger partial charge in [0, 0.05) is 18.3 Å². The Bertz CT molecular complexity index is 599. The summed E-state index contributed by atoms with van der Waals surface area (Å²) in [5.41, 5.74) is 4.00. The molecule has 2 aromatic rings. The molecule has 4 heteroatoms. The molecule has 1 aliphatic heterocycles. The van der Waals surface area contributed by atoms with Gasteiger partial charge < -0.3 is 10.6 Å². The highest BCUT2D eigenvalue weighted by Gasteiger charge is 2.26. The Hall–Kier alpha value is -2.36. The number of para-hydroxylation sites is 1. The second-order valence-electron chi connectivity index (χ2n) is 4.80. The van der Waals surface area contributed by atoms with Crippen LogP contribution in [-0.2, 0) is 11.2 Å². The monoisotopic (exact) mass is 253 g/mol. The molecule has 0 bridgehead atoms. The number of carbonyl (C=O) groups excluding carboxylic acids is 1. The maximum Gasteiger partial charge on any atom is 0.247 e. The first-order chi connectivity index (χ1) is 9.22. The van der Waals surface area contributed by atoms with Crippen molar-refractivity contribution in [1.29, 1.82) is 0 Å². The second kappa shape index (κ2) is 4.72. The van der Waals surface area contributed by atoms with Crippen molar-refractivity contribution in [2.24, 2.45) is 0 Å². The average Bonchev–Trinajstić information content (AvgIpc) is 2.82. The number of amides is 1. The minimum Gasteiger partial charge on any atom is -0.373 e. The lowest BCUT2D eigenvalue weighted by Gasteiger charge is -2.12. The van der Waals surface area contributed by atoms with E-state index in [1.807, 2.05) is 37.3 Å². The van der Waals surface area contributed by atoms with Crippen LogP contribution in [0.5, 0.6) is 0 Å². The zero-order valence-corrected chi connectivity index (χ0v) is 10.7. The summed E-state index contributed by atoms with van der Waals surface area (Å²) in [5, 5.41) is 6.13. The van der Waals surface area contributed by atoms with E-state index < -0.39 is 0 Å². The van der Waals surface area contributed by atoms with E-state index >= 15 is 0 Å². The summed E-state index contributed by atoms with van der Waals surface area (Å²) in [4.78, 5) is 16.3. The molecule has 2 N–H and O–H groups in total. The number of rotatable bonds is 2. The first kappa shape index (κ1) is 11.7. The van der Waals surface area contributed by atoms with E-state index in [9.17, 15) is 4.79 Å². The average molecular weight is 253 g/mol. The van der Waals surface area contributed by atoms with Gasteiger partial charge >= 0.3 is 0 Å². The molecule has 0 fully saturated rings. The normalized spacial score (nSPS) is 16.6. The molecule has 1 amide bonds. The summed E-state index contributed by atoms with van der Waals surface area (Å²) in [7, 11) is 0. The topological polar surface area (TPSA) is 54.0 Å². The van der Waals surface area contributed by atoms with Crippen molar-refractivity contribution in [1.82, 2.24) is 4.98 Å². The van der Waals surface area contributed by atoms with Gasteiger partial charge in [-0.3, -0.25) is 9.78 Å². The van der Waals surface area contributed by atoms with Gasteiger partial charge in [0.2, 0.25) is 5.91 Å². The molecule has 3 rings (SSSR count). The molecule has 1 aromatic heterocycles. The van der Waals surface area contributed by atoms with Crippen molar-refractivity contribution in [3.63, 3.8) is 0 Å². The van der Waals surface area contributed by atoms with Crippen LogP contribution in [0.25, 0.3) is 0 Å². The van der Waals surface area contributed by atoms with Crippen molar-refractivity contribution >= 4 is 17.3 Å². The minimum absolute atomic E-state index is 0.0244. The zero-order chi connectivity index (χ0) is 13.2. The molecule has 0 unspecified atom stereocenters. The van der Waals surface area contributed by atoms with E-state index in [-0.39, 0.29) is 11.9 Å². The standard InChI is InChI=1S/C15H15N3O/c1-10-6-12(9-16-8-10)17-15(19)14-7-11-4-2-3-5-13(11)18-14/h2-6,8-9,14,18H,7H2,1H3,(H,17,19)/t14-/m0/s1. The molecule has 2 heterocycles. The predicted molar refractivity (Wildman–Crippen MR) is 75.2 cm³/mol. The third-order valence-electron chi connectivity index (χ3n) is 3.23. The number of benzene rings is 1. The van der Waals surface area contributed by atoms with E-state index in [0.29, 0.717) is 0 Å². The van der Waals surface area contributed by atoms with Gasteiger partial charge in [-0.1, -0.05) is 18.2 Å². The number of hydrogen-bond acceptors (Lipinski definition) is 3. The molecule has 0 spiro atoms. The molecule has 1 atom stereocenters. The fourth-order valence-electron chi connectivity index (χ4n) is 2.31. The SMILES string of the molecule is Cc1cncc(NC(=O)[C@@H]2Cc3ccccc3N2)c1. The largest absolute Gasteiger partial charge is 0.373 e. The first-order valence-corrected chi connectivity index (χ1v) is 6.29. The summed E-state index contributed by atoms with van der Waals surface area (Å²) >= 11 is 0. The van der Waals surface area contributed by atoms with Crippen LogP contribution in [0.3, 0.4) is 0 Å². The Labute approximate surface area is 111 Å². The van der Waals surface area contributed by atoms with Gasteiger partial charge in [-0.05, 0) is 30.2 Å². The molecule has 19 heavy (non-hydrogen) atoms. The maximum atomic E-state index is 12.2. The molecule has 0 radical (unpaired) electrons. The van der Waals surface area contributed by atoms with Crippen LogP contribution >= 0.6 is 0 Å². The van der Waals surface area contributed by atoms with Crippen molar-refractivity contribution in [3.8, 4) is 0 Å². The third kappa shape index (κ3) is 2.42. The Balaban J connectivity index is 1.70. The van der Waals surface area contributed by atoms with Gasteiger partial charge in [0.15, 0.2) is 0 Å². The second-order valence-corrected chi connectivity index (χ2v) is 4.80. The number of aryl methyl sites for hydroxylation is 1. The van der Waals surface area contributed by atoms with Crippen molar-refractivity contribution in [2.75, 3.05) is 10.6 Å². The van der Waals surface area contributed by atoms with Crippen LogP contribution < -0.4 is 10.6 Å². The van der Waals surface area contributed by atoms with Gasteiger partial charge in [-0.2, -0.15) is 0 Å². The summed E-state index contributed by atoms with van der Waals surface area (Å²) < 4.78 is 0. The predicted octanol–water partition coefficient (Wildman–Crippen LogP) is 2.37. The highest BCUT2D eigenvalue weighted by Crippen LogP contribution is 2.25. The lowest BCUT2D eigenvalue weighted by atomic mass is 10.1. The Morgan fingerprint density at radius 2 is 2.21 bits per heavy atom. The molecule has 1 aromatic carbocycles. The lowest BCUT2D eigenvalue weighted by molar-refractivity contribution is -0.116. The Morgan fingerprint density at radius 3 is 3.00 bits per heavy atom. The van der Waals surface area contributed by atoms with Gasteiger partial charge in [0.1, 0.15) is 6.04 Å². The minimum atomic E-state index is -0.210. The Morgan fingerprint density at radius 1 is 1.37 bits per heavy atom. The third-order valence-corrected chi connectivity index (χ3v) is 3.23. The van der Waals surface area contributed by atoms with Crippen molar-refractivity contribution in [2.45, 2.75) is 19.4 Å². The van der Waals surface area contributed by atoms with E-state index in [1.54, 1.807) is 12.4 Å². The number of nitrogens with one attached hydrogen (secondary N) is 2. The summed E-state index contributed by atoms with van der Waals surface area (Å²) in [6.45, 7) is 1.95. The quantitative estimate of drug-likeness (QED) is 0.864. The summed E-state index contributed by atoms with van der Waals surface area (Å²) in [5.74, 6) is -0.0244. The molecule has 0 aliphatic carbocycles. The van der Waals surface area contributed by atoms with Crippen LogP contribution in [0.4, 0.5) is 11.4 Å². The lowest BCUT2D eigenvalue weighted by Crippen LogP contribution is -2.32. The molecular formula is C15H15N3O. The van der Waals surface area contributed by atoms with E-state index in [2.05, 4.69) is 15.6 Å². The number of carbonyl (C=O) groups is 1. The molecular weight excluding hydrogens is 238 g/mol. The van der Waals surface area contributed by atoms with Crippen molar-refractivity contribution < 1.29 is 4.79 Å². The van der Waals surface area contributed by atoms with Crippen LogP contribution in [0.15, 0.2) is 42.7 Å². The van der Waals surface area contributed by atoms with Gasteiger partial charge in [0.05, 0.1) is 11.9 Å². The van der Waals surface area contributed by atoms with Crippen molar-refractivity contribution in [3.05, 3.63) is 53.9 Å². The first-order valence-electron chi connectivity index (χ1n) is 6.29. The number of anilines is 2. The number of nitrogens with zero attached hydrogens (tertiary/aromatic N) is 1. The molecule has 1 aliphatic rings. The Kier molecular flexibility index (Phi) is 2.91. The smallest absolute Gasteiger partial charge is 0.247 e. The number of pyridine rings is 1. The van der Waals surface area contributed by atoms with Gasteiger partial charge in [0.25, 0.3) is 0 Å². The van der Waals surface area contributed by atoms with E-state index in [0.717, 1.165) is 23.4 Å². The summed E-state index contributed by atoms with van der Waals surface area (Å²) in [6, 6.07) is 9.70. The maximum absolute atomic E-state index is 12.2. The molecule has 0 saturated heterocycles. The van der Waals surface area contributed by atoms with E-state index in [4.69, 9.17) is 0 Å². The van der Waals surface area contributed by atoms with Crippen LogP contribution in [0.2, 0.25) is 0 Å². The number of aromatic nitrogens is 1. The van der Waals surface area contributed by atoms with Crippen LogP contribution in [-0.4, -0.2) is 16.9 Å².